The quantitative estimate of drug-likeness (QED) is 0.673. The van der Waals surface area contributed by atoms with Crippen molar-refractivity contribution >= 4 is 0 Å². The molecule has 1 N–H and O–H groups in total. The third-order valence-corrected chi connectivity index (χ3v) is 1.16. The Morgan fingerprint density at radius 3 is 2.64 bits per heavy atom. The maximum atomic E-state index is 11.8. The molecule has 4 nitrogen and oxygen atoms in total. The fraction of sp³-hybridized carbons (Fsp3) is 0.600. The SMILES string of the molecule is Cn1cc(C(O)C(F)F)nn1. The van der Waals surface area contributed by atoms with Gasteiger partial charge in [-0.15, -0.1) is 5.10 Å². The number of alkyl halides is 2. The monoisotopic (exact) mass is 163 g/mol. The molecule has 1 unspecified atom stereocenters. The van der Waals surface area contributed by atoms with Crippen LogP contribution < -0.4 is 0 Å². The Bertz CT molecular complexity index is 237. The minimum atomic E-state index is -2.81. The summed E-state index contributed by atoms with van der Waals surface area (Å²) in [4.78, 5) is 0. The van der Waals surface area contributed by atoms with Crippen molar-refractivity contribution in [3.05, 3.63) is 11.9 Å². The summed E-state index contributed by atoms with van der Waals surface area (Å²) in [7, 11) is 1.54. The number of hydrogen-bond donors (Lipinski definition) is 1. The molecule has 0 amide bonds. The molecule has 0 aromatic carbocycles. The Kier molecular flexibility index (Phi) is 2.13. The smallest absolute Gasteiger partial charge is 0.269 e. The molecule has 0 aliphatic carbocycles. The van der Waals surface area contributed by atoms with Crippen molar-refractivity contribution < 1.29 is 13.9 Å². The van der Waals surface area contributed by atoms with Gasteiger partial charge in [0.15, 0.2) is 6.10 Å². The van der Waals surface area contributed by atoms with E-state index < -0.39 is 12.5 Å². The predicted octanol–water partition coefficient (Wildman–Crippen LogP) is 0.114. The van der Waals surface area contributed by atoms with Crippen molar-refractivity contribution in [2.24, 2.45) is 7.05 Å². The number of aromatic nitrogens is 3. The van der Waals surface area contributed by atoms with Crippen molar-refractivity contribution in [3.8, 4) is 0 Å². The van der Waals surface area contributed by atoms with Crippen molar-refractivity contribution in [2.45, 2.75) is 12.5 Å². The molecule has 0 fully saturated rings. The first kappa shape index (κ1) is 8.06. The Hall–Kier alpha value is -1.04. The van der Waals surface area contributed by atoms with Crippen LogP contribution in [0.25, 0.3) is 0 Å². The summed E-state index contributed by atoms with van der Waals surface area (Å²) in [5.74, 6) is 0. The predicted molar refractivity (Wildman–Crippen MR) is 32.0 cm³/mol. The molecule has 0 bridgehead atoms. The highest BCUT2D eigenvalue weighted by molar-refractivity contribution is 4.97. The van der Waals surface area contributed by atoms with Gasteiger partial charge in [-0.05, 0) is 0 Å². The van der Waals surface area contributed by atoms with Gasteiger partial charge in [0.2, 0.25) is 0 Å². The summed E-state index contributed by atoms with van der Waals surface area (Å²) in [6.07, 6.45) is -3.40. The molecule has 62 valence electrons. The minimum absolute atomic E-state index is 0.109. The van der Waals surface area contributed by atoms with E-state index in [2.05, 4.69) is 10.3 Å². The first-order chi connectivity index (χ1) is 5.11. The summed E-state index contributed by atoms with van der Waals surface area (Å²) in [5, 5.41) is 15.5. The molecule has 0 spiro atoms. The van der Waals surface area contributed by atoms with Crippen LogP contribution in [-0.4, -0.2) is 26.5 Å². The zero-order valence-corrected chi connectivity index (χ0v) is 5.78. The van der Waals surface area contributed by atoms with E-state index in [0.717, 1.165) is 0 Å². The summed E-state index contributed by atoms with van der Waals surface area (Å²) in [6, 6.07) is 0. The van der Waals surface area contributed by atoms with Gasteiger partial charge in [0.25, 0.3) is 6.43 Å². The minimum Gasteiger partial charge on any atom is -0.381 e. The van der Waals surface area contributed by atoms with Gasteiger partial charge in [0, 0.05) is 7.05 Å². The molecule has 0 radical (unpaired) electrons. The van der Waals surface area contributed by atoms with Crippen LogP contribution in [0.5, 0.6) is 0 Å². The maximum absolute atomic E-state index is 11.8. The van der Waals surface area contributed by atoms with E-state index >= 15 is 0 Å². The summed E-state index contributed by atoms with van der Waals surface area (Å²) in [6.45, 7) is 0. The van der Waals surface area contributed by atoms with Gasteiger partial charge in [-0.1, -0.05) is 5.21 Å². The number of hydrogen-bond acceptors (Lipinski definition) is 3. The third-order valence-electron chi connectivity index (χ3n) is 1.16. The maximum Gasteiger partial charge on any atom is 0.269 e. The van der Waals surface area contributed by atoms with Crippen LogP contribution in [0.3, 0.4) is 0 Å². The topological polar surface area (TPSA) is 50.9 Å². The zero-order chi connectivity index (χ0) is 8.43. The Labute approximate surface area is 61.4 Å². The van der Waals surface area contributed by atoms with Crippen LogP contribution >= 0.6 is 0 Å². The average Bonchev–Trinajstić information content (AvgIpc) is 2.34. The number of rotatable bonds is 2. The van der Waals surface area contributed by atoms with E-state index in [-0.39, 0.29) is 5.69 Å². The number of halogens is 2. The highest BCUT2D eigenvalue weighted by atomic mass is 19.3. The lowest BCUT2D eigenvalue weighted by Gasteiger charge is -2.02. The van der Waals surface area contributed by atoms with Gasteiger partial charge in [-0.2, -0.15) is 0 Å². The summed E-state index contributed by atoms with van der Waals surface area (Å²) in [5.41, 5.74) is -0.109. The second-order valence-corrected chi connectivity index (χ2v) is 2.10. The van der Waals surface area contributed by atoms with E-state index in [1.54, 1.807) is 0 Å². The number of nitrogens with zero attached hydrogens (tertiary/aromatic N) is 3. The second-order valence-electron chi connectivity index (χ2n) is 2.10. The van der Waals surface area contributed by atoms with Crippen LogP contribution in [0.1, 0.15) is 11.8 Å². The van der Waals surface area contributed by atoms with E-state index in [1.807, 2.05) is 0 Å². The van der Waals surface area contributed by atoms with E-state index in [9.17, 15) is 8.78 Å². The van der Waals surface area contributed by atoms with Crippen LogP contribution in [0, 0.1) is 0 Å². The van der Waals surface area contributed by atoms with Crippen LogP contribution in [0.2, 0.25) is 0 Å². The fourth-order valence-electron chi connectivity index (χ4n) is 0.630. The zero-order valence-electron chi connectivity index (χ0n) is 5.78. The van der Waals surface area contributed by atoms with Gasteiger partial charge >= 0.3 is 0 Å². The number of aryl methyl sites for hydroxylation is 1. The molecular formula is C5H7F2N3O. The summed E-state index contributed by atoms with van der Waals surface area (Å²) < 4.78 is 24.8. The molecule has 11 heavy (non-hydrogen) atoms. The van der Waals surface area contributed by atoms with Gasteiger partial charge < -0.3 is 5.11 Å². The molecule has 0 saturated carbocycles. The van der Waals surface area contributed by atoms with Crippen LogP contribution in [0.15, 0.2) is 6.20 Å². The normalized spacial score (nSPS) is 13.9. The average molecular weight is 163 g/mol. The van der Waals surface area contributed by atoms with Crippen LogP contribution in [-0.2, 0) is 7.05 Å². The van der Waals surface area contributed by atoms with Gasteiger partial charge in [0.1, 0.15) is 5.69 Å². The largest absolute Gasteiger partial charge is 0.381 e. The molecule has 0 aliphatic heterocycles. The standard InChI is InChI=1S/C5H7F2N3O/c1-10-2-3(8-9-10)4(11)5(6)7/h2,4-5,11H,1H3. The van der Waals surface area contributed by atoms with Crippen molar-refractivity contribution in [1.29, 1.82) is 0 Å². The fourth-order valence-corrected chi connectivity index (χ4v) is 0.630. The highest BCUT2D eigenvalue weighted by Gasteiger charge is 2.21. The highest BCUT2D eigenvalue weighted by Crippen LogP contribution is 2.16. The molecule has 1 atom stereocenters. The number of aliphatic hydroxyl groups is 1. The number of aliphatic hydroxyl groups excluding tert-OH is 1. The lowest BCUT2D eigenvalue weighted by atomic mass is 10.3. The third kappa shape index (κ3) is 1.70. The lowest BCUT2D eigenvalue weighted by Crippen LogP contribution is -2.08. The van der Waals surface area contributed by atoms with E-state index in [0.29, 0.717) is 0 Å². The van der Waals surface area contributed by atoms with Crippen molar-refractivity contribution in [2.75, 3.05) is 0 Å². The van der Waals surface area contributed by atoms with Gasteiger partial charge in [-0.25, -0.2) is 8.78 Å². The first-order valence-electron chi connectivity index (χ1n) is 2.93. The molecule has 1 aromatic heterocycles. The Morgan fingerprint density at radius 2 is 2.27 bits per heavy atom. The molecule has 1 heterocycles. The summed E-state index contributed by atoms with van der Waals surface area (Å²) >= 11 is 0. The Balaban J connectivity index is 2.76. The molecule has 0 aliphatic rings. The molecule has 0 saturated heterocycles. The lowest BCUT2D eigenvalue weighted by molar-refractivity contribution is -0.00827. The molecular weight excluding hydrogens is 156 g/mol. The molecule has 1 rings (SSSR count). The van der Waals surface area contributed by atoms with Crippen molar-refractivity contribution in [1.82, 2.24) is 15.0 Å². The van der Waals surface area contributed by atoms with Crippen molar-refractivity contribution in [3.63, 3.8) is 0 Å². The molecule has 6 heteroatoms. The molecule has 1 aromatic rings. The Morgan fingerprint density at radius 1 is 1.64 bits per heavy atom. The first-order valence-corrected chi connectivity index (χ1v) is 2.93. The van der Waals surface area contributed by atoms with E-state index in [1.165, 1.54) is 17.9 Å². The van der Waals surface area contributed by atoms with Gasteiger partial charge in [0.05, 0.1) is 6.20 Å². The van der Waals surface area contributed by atoms with E-state index in [4.69, 9.17) is 5.11 Å². The van der Waals surface area contributed by atoms with Crippen LogP contribution in [0.4, 0.5) is 8.78 Å². The van der Waals surface area contributed by atoms with Gasteiger partial charge in [-0.3, -0.25) is 4.68 Å². The second kappa shape index (κ2) is 2.91.